The zero-order chi connectivity index (χ0) is 11.8. The van der Waals surface area contributed by atoms with E-state index in [1.165, 1.54) is 6.42 Å². The van der Waals surface area contributed by atoms with Crippen LogP contribution in [-0.2, 0) is 6.54 Å². The van der Waals surface area contributed by atoms with Gasteiger partial charge in [-0.05, 0) is 13.0 Å². The van der Waals surface area contributed by atoms with Crippen LogP contribution in [0.25, 0.3) is 0 Å². The Morgan fingerprint density at radius 2 is 2.19 bits per heavy atom. The summed E-state index contributed by atoms with van der Waals surface area (Å²) < 4.78 is 0. The first kappa shape index (κ1) is 13.3. The van der Waals surface area contributed by atoms with Gasteiger partial charge in [-0.1, -0.05) is 24.7 Å². The normalized spacial score (nSPS) is 11.0. The van der Waals surface area contributed by atoms with Crippen molar-refractivity contribution < 1.29 is 5.11 Å². The van der Waals surface area contributed by atoms with E-state index in [2.05, 4.69) is 27.3 Å². The van der Waals surface area contributed by atoms with Gasteiger partial charge in [0, 0.05) is 13.6 Å². The molecule has 2 N–H and O–H groups in total. The Hall–Kier alpha value is -0.720. The van der Waals surface area contributed by atoms with E-state index in [4.69, 9.17) is 5.11 Å². The molecule has 0 spiro atoms. The van der Waals surface area contributed by atoms with E-state index >= 15 is 0 Å². The van der Waals surface area contributed by atoms with Crippen LogP contribution in [-0.4, -0.2) is 46.9 Å². The third-order valence-electron chi connectivity index (χ3n) is 2.28. The van der Waals surface area contributed by atoms with E-state index in [1.54, 1.807) is 11.3 Å². The molecule has 5 nitrogen and oxygen atoms in total. The Kier molecular flexibility index (Phi) is 6.29. The second-order valence-corrected chi connectivity index (χ2v) is 4.67. The lowest BCUT2D eigenvalue weighted by Crippen LogP contribution is -2.27. The molecular formula is C10H20N4OS. The van der Waals surface area contributed by atoms with Gasteiger partial charge >= 0.3 is 0 Å². The lowest BCUT2D eigenvalue weighted by molar-refractivity contribution is 0.188. The maximum atomic E-state index is 8.98. The zero-order valence-electron chi connectivity index (χ0n) is 9.94. The van der Waals surface area contributed by atoms with Crippen molar-refractivity contribution in [1.29, 1.82) is 0 Å². The number of hydrogen-bond donors (Lipinski definition) is 2. The minimum atomic E-state index is 0.196. The van der Waals surface area contributed by atoms with Crippen molar-refractivity contribution in [3.05, 3.63) is 5.01 Å². The van der Waals surface area contributed by atoms with Crippen LogP contribution in [0.3, 0.4) is 0 Å². The molecule has 0 aromatic carbocycles. The largest absolute Gasteiger partial charge is 0.395 e. The van der Waals surface area contributed by atoms with Gasteiger partial charge in [-0.3, -0.25) is 4.90 Å². The van der Waals surface area contributed by atoms with Crippen LogP contribution in [0, 0.1) is 0 Å². The third kappa shape index (κ3) is 4.42. The van der Waals surface area contributed by atoms with Gasteiger partial charge in [-0.2, -0.15) is 0 Å². The number of nitrogens with one attached hydrogen (secondary N) is 1. The summed E-state index contributed by atoms with van der Waals surface area (Å²) in [5.41, 5.74) is 0. The summed E-state index contributed by atoms with van der Waals surface area (Å²) >= 11 is 1.56. The molecule has 1 heterocycles. The van der Waals surface area contributed by atoms with Crippen LogP contribution in [0.2, 0.25) is 0 Å². The molecule has 16 heavy (non-hydrogen) atoms. The van der Waals surface area contributed by atoms with Gasteiger partial charge in [-0.15, -0.1) is 10.2 Å². The highest BCUT2D eigenvalue weighted by atomic mass is 32.1. The maximum absolute atomic E-state index is 8.98. The highest BCUT2D eigenvalue weighted by molar-refractivity contribution is 7.15. The summed E-state index contributed by atoms with van der Waals surface area (Å²) in [5, 5.41) is 21.9. The van der Waals surface area contributed by atoms with E-state index in [0.717, 1.165) is 29.6 Å². The van der Waals surface area contributed by atoms with Crippen LogP contribution in [0.1, 0.15) is 24.8 Å². The molecule has 0 radical (unpaired) electrons. The van der Waals surface area contributed by atoms with E-state index in [9.17, 15) is 0 Å². The van der Waals surface area contributed by atoms with Crippen molar-refractivity contribution in [3.8, 4) is 0 Å². The molecule has 0 atom stereocenters. The van der Waals surface area contributed by atoms with E-state index in [0.29, 0.717) is 6.54 Å². The second-order valence-electron chi connectivity index (χ2n) is 3.60. The summed E-state index contributed by atoms with van der Waals surface area (Å²) in [4.78, 5) is 2.21. The SMILES string of the molecule is CCCCN(CCO)Cc1nnc(NC)s1. The molecule has 0 aliphatic rings. The van der Waals surface area contributed by atoms with Crippen molar-refractivity contribution >= 4 is 16.5 Å². The summed E-state index contributed by atoms with van der Waals surface area (Å²) in [6.45, 7) is 4.85. The van der Waals surface area contributed by atoms with Gasteiger partial charge in [0.25, 0.3) is 0 Å². The van der Waals surface area contributed by atoms with Gasteiger partial charge in [0.05, 0.1) is 13.2 Å². The maximum Gasteiger partial charge on any atom is 0.205 e. The lowest BCUT2D eigenvalue weighted by Gasteiger charge is -2.19. The van der Waals surface area contributed by atoms with Gasteiger partial charge in [0.1, 0.15) is 5.01 Å². The van der Waals surface area contributed by atoms with Crippen LogP contribution < -0.4 is 5.32 Å². The average molecular weight is 244 g/mol. The minimum Gasteiger partial charge on any atom is -0.395 e. The molecule has 1 aromatic heterocycles. The molecular weight excluding hydrogens is 224 g/mol. The topological polar surface area (TPSA) is 61.3 Å². The predicted molar refractivity (Wildman–Crippen MR) is 66.7 cm³/mol. The zero-order valence-corrected chi connectivity index (χ0v) is 10.8. The van der Waals surface area contributed by atoms with E-state index < -0.39 is 0 Å². The molecule has 0 unspecified atom stereocenters. The van der Waals surface area contributed by atoms with Crippen LogP contribution in [0.15, 0.2) is 0 Å². The molecule has 6 heteroatoms. The molecule has 0 aliphatic heterocycles. The highest BCUT2D eigenvalue weighted by Gasteiger charge is 2.09. The summed E-state index contributed by atoms with van der Waals surface area (Å²) in [6.07, 6.45) is 2.32. The summed E-state index contributed by atoms with van der Waals surface area (Å²) in [6, 6.07) is 0. The molecule has 0 aliphatic carbocycles. The molecule has 0 fully saturated rings. The molecule has 0 bridgehead atoms. The Morgan fingerprint density at radius 1 is 1.38 bits per heavy atom. The number of hydrogen-bond acceptors (Lipinski definition) is 6. The first-order valence-electron chi connectivity index (χ1n) is 5.63. The van der Waals surface area contributed by atoms with Crippen LogP contribution >= 0.6 is 11.3 Å². The summed E-state index contributed by atoms with van der Waals surface area (Å²) in [5.74, 6) is 0. The van der Waals surface area contributed by atoms with E-state index in [1.807, 2.05) is 7.05 Å². The van der Waals surface area contributed by atoms with Crippen LogP contribution in [0.4, 0.5) is 5.13 Å². The fraction of sp³-hybridized carbons (Fsp3) is 0.800. The second kappa shape index (κ2) is 7.54. The molecule has 0 saturated carbocycles. The highest BCUT2D eigenvalue weighted by Crippen LogP contribution is 2.16. The summed E-state index contributed by atoms with van der Waals surface area (Å²) in [7, 11) is 1.84. The first-order valence-corrected chi connectivity index (χ1v) is 6.45. The van der Waals surface area contributed by atoms with Gasteiger partial charge in [0.15, 0.2) is 0 Å². The Balaban J connectivity index is 2.46. The smallest absolute Gasteiger partial charge is 0.205 e. The monoisotopic (exact) mass is 244 g/mol. The number of unbranched alkanes of at least 4 members (excludes halogenated alkanes) is 1. The quantitative estimate of drug-likeness (QED) is 0.719. The number of aliphatic hydroxyl groups excluding tert-OH is 1. The molecule has 0 saturated heterocycles. The average Bonchev–Trinajstić information content (AvgIpc) is 2.74. The van der Waals surface area contributed by atoms with Crippen molar-refractivity contribution in [2.45, 2.75) is 26.3 Å². The van der Waals surface area contributed by atoms with Gasteiger partial charge in [0.2, 0.25) is 5.13 Å². The third-order valence-corrected chi connectivity index (χ3v) is 3.21. The number of anilines is 1. The lowest BCUT2D eigenvalue weighted by atomic mass is 10.3. The van der Waals surface area contributed by atoms with Crippen molar-refractivity contribution in [2.75, 3.05) is 32.1 Å². The van der Waals surface area contributed by atoms with Crippen molar-refractivity contribution in [3.63, 3.8) is 0 Å². The standard InChI is InChI=1S/C10H20N4OS/c1-3-4-5-14(6-7-15)8-9-12-13-10(11-2)16-9/h15H,3-8H2,1-2H3,(H,11,13). The molecule has 1 rings (SSSR count). The molecule has 0 amide bonds. The van der Waals surface area contributed by atoms with Crippen molar-refractivity contribution in [2.24, 2.45) is 0 Å². The molecule has 1 aromatic rings. The number of nitrogens with zero attached hydrogens (tertiary/aromatic N) is 3. The Morgan fingerprint density at radius 3 is 2.75 bits per heavy atom. The first-order chi connectivity index (χ1) is 7.80. The Labute approximate surface area is 101 Å². The van der Waals surface area contributed by atoms with E-state index in [-0.39, 0.29) is 6.61 Å². The molecule has 92 valence electrons. The predicted octanol–water partition coefficient (Wildman–Crippen LogP) is 1.17. The number of aromatic nitrogens is 2. The van der Waals surface area contributed by atoms with Crippen molar-refractivity contribution in [1.82, 2.24) is 15.1 Å². The minimum absolute atomic E-state index is 0.196. The number of aliphatic hydroxyl groups is 1. The van der Waals surface area contributed by atoms with Crippen LogP contribution in [0.5, 0.6) is 0 Å². The fourth-order valence-corrected chi connectivity index (χ4v) is 2.14. The van der Waals surface area contributed by atoms with Gasteiger partial charge < -0.3 is 10.4 Å². The Bertz CT molecular complexity index is 292. The fourth-order valence-electron chi connectivity index (χ4n) is 1.40. The number of rotatable bonds is 8. The van der Waals surface area contributed by atoms with Gasteiger partial charge in [-0.25, -0.2) is 0 Å².